The molecule has 1 atom stereocenters. The van der Waals surface area contributed by atoms with Gasteiger partial charge in [0.25, 0.3) is 0 Å². The number of benzene rings is 1. The van der Waals surface area contributed by atoms with Crippen molar-refractivity contribution in [3.8, 4) is 5.69 Å². The minimum atomic E-state index is -0.850. The first-order valence-electron chi connectivity index (χ1n) is 6.50. The van der Waals surface area contributed by atoms with Crippen molar-refractivity contribution in [1.82, 2.24) is 9.78 Å². The van der Waals surface area contributed by atoms with E-state index < -0.39 is 11.9 Å². The molecule has 5 heteroatoms. The van der Waals surface area contributed by atoms with Gasteiger partial charge in [-0.1, -0.05) is 6.92 Å². The van der Waals surface area contributed by atoms with E-state index in [0.717, 1.165) is 16.9 Å². The first-order valence-corrected chi connectivity index (χ1v) is 6.50. The number of carboxylic acids is 1. The van der Waals surface area contributed by atoms with E-state index in [1.54, 1.807) is 23.7 Å². The topological polar surface area (TPSA) is 55.1 Å². The number of aryl methyl sites for hydroxylation is 1. The quantitative estimate of drug-likeness (QED) is 0.933. The maximum atomic E-state index is 13.0. The highest BCUT2D eigenvalue weighted by molar-refractivity contribution is 5.76. The first-order chi connectivity index (χ1) is 9.45. The second-order valence-corrected chi connectivity index (χ2v) is 4.77. The molecule has 0 aliphatic carbocycles. The number of halogens is 1. The van der Waals surface area contributed by atoms with E-state index in [1.807, 2.05) is 13.8 Å². The van der Waals surface area contributed by atoms with E-state index in [2.05, 4.69) is 5.10 Å². The molecule has 0 radical (unpaired) electrons. The van der Waals surface area contributed by atoms with Crippen LogP contribution in [0.15, 0.2) is 24.3 Å². The lowest BCUT2D eigenvalue weighted by molar-refractivity contribution is -0.138. The zero-order valence-corrected chi connectivity index (χ0v) is 11.7. The van der Waals surface area contributed by atoms with Crippen molar-refractivity contribution in [2.75, 3.05) is 0 Å². The largest absolute Gasteiger partial charge is 0.481 e. The molecule has 0 fully saturated rings. The molecule has 0 aliphatic heterocycles. The van der Waals surface area contributed by atoms with Gasteiger partial charge in [-0.05, 0) is 44.5 Å². The van der Waals surface area contributed by atoms with Crippen LogP contribution in [0, 0.1) is 19.7 Å². The number of hydrogen-bond donors (Lipinski definition) is 1. The van der Waals surface area contributed by atoms with E-state index >= 15 is 0 Å². The zero-order valence-electron chi connectivity index (χ0n) is 11.7. The summed E-state index contributed by atoms with van der Waals surface area (Å²) in [6.07, 6.45) is 0.506. The molecule has 20 heavy (non-hydrogen) atoms. The lowest BCUT2D eigenvalue weighted by Crippen LogP contribution is -2.12. The fourth-order valence-corrected chi connectivity index (χ4v) is 2.49. The van der Waals surface area contributed by atoms with E-state index in [-0.39, 0.29) is 5.82 Å². The summed E-state index contributed by atoms with van der Waals surface area (Å²) in [5.41, 5.74) is 2.94. The summed E-state index contributed by atoms with van der Waals surface area (Å²) in [5.74, 6) is -1.73. The summed E-state index contributed by atoms with van der Waals surface area (Å²) in [4.78, 5) is 11.3. The van der Waals surface area contributed by atoms with Crippen LogP contribution in [0.2, 0.25) is 0 Å². The molecule has 0 bridgehead atoms. The molecule has 0 spiro atoms. The minimum Gasteiger partial charge on any atom is -0.481 e. The van der Waals surface area contributed by atoms with Crippen LogP contribution in [-0.2, 0) is 4.79 Å². The Balaban J connectivity index is 2.53. The predicted octanol–water partition coefficient (Wildman–Crippen LogP) is 3.21. The molecular formula is C15H17FN2O2. The molecule has 1 N–H and O–H groups in total. The molecule has 106 valence electrons. The SMILES string of the molecule is CCC(C(=O)O)c1c(C)nn(-c2ccc(F)cc2)c1C. The van der Waals surface area contributed by atoms with Crippen molar-refractivity contribution in [3.63, 3.8) is 0 Å². The summed E-state index contributed by atoms with van der Waals surface area (Å²) in [6.45, 7) is 5.48. The van der Waals surface area contributed by atoms with E-state index in [0.29, 0.717) is 12.1 Å². The van der Waals surface area contributed by atoms with Crippen molar-refractivity contribution in [3.05, 3.63) is 47.0 Å². The highest BCUT2D eigenvalue weighted by atomic mass is 19.1. The fraction of sp³-hybridized carbons (Fsp3) is 0.333. The van der Waals surface area contributed by atoms with Gasteiger partial charge in [0.1, 0.15) is 5.82 Å². The number of carboxylic acid groups (broad SMARTS) is 1. The lowest BCUT2D eigenvalue weighted by Gasteiger charge is -2.11. The number of aromatic nitrogens is 2. The Hall–Kier alpha value is -2.17. The number of nitrogens with zero attached hydrogens (tertiary/aromatic N) is 2. The van der Waals surface area contributed by atoms with Crippen LogP contribution in [0.25, 0.3) is 5.69 Å². The number of rotatable bonds is 4. The Morgan fingerprint density at radius 3 is 2.45 bits per heavy atom. The smallest absolute Gasteiger partial charge is 0.311 e. The van der Waals surface area contributed by atoms with Crippen molar-refractivity contribution < 1.29 is 14.3 Å². The Morgan fingerprint density at radius 1 is 1.35 bits per heavy atom. The molecule has 2 rings (SSSR count). The third kappa shape index (κ3) is 2.43. The fourth-order valence-electron chi connectivity index (χ4n) is 2.49. The third-order valence-corrected chi connectivity index (χ3v) is 3.47. The maximum Gasteiger partial charge on any atom is 0.311 e. The van der Waals surface area contributed by atoms with Gasteiger partial charge in [0.2, 0.25) is 0 Å². The molecule has 4 nitrogen and oxygen atoms in total. The van der Waals surface area contributed by atoms with Crippen LogP contribution in [0.3, 0.4) is 0 Å². The van der Waals surface area contributed by atoms with Crippen molar-refractivity contribution in [2.24, 2.45) is 0 Å². The molecule has 0 aliphatic rings. The van der Waals surface area contributed by atoms with Crippen molar-refractivity contribution in [1.29, 1.82) is 0 Å². The Labute approximate surface area is 116 Å². The van der Waals surface area contributed by atoms with E-state index in [9.17, 15) is 14.3 Å². The Bertz CT molecular complexity index is 632. The number of aliphatic carboxylic acids is 1. The van der Waals surface area contributed by atoms with Crippen LogP contribution in [0.1, 0.15) is 36.2 Å². The maximum absolute atomic E-state index is 13.0. The van der Waals surface area contributed by atoms with Gasteiger partial charge >= 0.3 is 5.97 Å². The monoisotopic (exact) mass is 276 g/mol. The van der Waals surface area contributed by atoms with E-state index in [4.69, 9.17) is 0 Å². The second-order valence-electron chi connectivity index (χ2n) is 4.77. The molecule has 0 amide bonds. The minimum absolute atomic E-state index is 0.313. The molecule has 1 aromatic carbocycles. The van der Waals surface area contributed by atoms with Crippen LogP contribution < -0.4 is 0 Å². The Morgan fingerprint density at radius 2 is 1.95 bits per heavy atom. The van der Waals surface area contributed by atoms with Gasteiger partial charge in [-0.3, -0.25) is 4.79 Å². The molecule has 1 aromatic heterocycles. The first kappa shape index (κ1) is 14.2. The number of hydrogen-bond acceptors (Lipinski definition) is 2. The summed E-state index contributed by atoms with van der Waals surface area (Å²) in [5, 5.41) is 13.7. The van der Waals surface area contributed by atoms with Gasteiger partial charge in [-0.2, -0.15) is 5.10 Å². The molecule has 2 aromatic rings. The summed E-state index contributed by atoms with van der Waals surface area (Å²) in [6, 6.07) is 5.97. The second kappa shape index (κ2) is 5.45. The number of carbonyl (C=O) groups is 1. The van der Waals surface area contributed by atoms with Crippen LogP contribution in [0.5, 0.6) is 0 Å². The van der Waals surface area contributed by atoms with E-state index in [1.165, 1.54) is 12.1 Å². The normalized spacial score (nSPS) is 12.4. The zero-order chi connectivity index (χ0) is 14.9. The van der Waals surface area contributed by atoms with Crippen LogP contribution in [-0.4, -0.2) is 20.9 Å². The molecular weight excluding hydrogens is 259 g/mol. The third-order valence-electron chi connectivity index (χ3n) is 3.47. The molecule has 0 saturated carbocycles. The molecule has 0 saturated heterocycles. The molecule has 1 unspecified atom stereocenters. The summed E-state index contributed by atoms with van der Waals surface area (Å²) < 4.78 is 14.6. The highest BCUT2D eigenvalue weighted by Crippen LogP contribution is 2.28. The average Bonchev–Trinajstić information content (AvgIpc) is 2.68. The van der Waals surface area contributed by atoms with Gasteiger partial charge in [0, 0.05) is 11.3 Å². The van der Waals surface area contributed by atoms with Gasteiger partial charge in [-0.25, -0.2) is 9.07 Å². The van der Waals surface area contributed by atoms with Crippen molar-refractivity contribution >= 4 is 5.97 Å². The van der Waals surface area contributed by atoms with Gasteiger partial charge in [0.15, 0.2) is 0 Å². The highest BCUT2D eigenvalue weighted by Gasteiger charge is 2.25. The van der Waals surface area contributed by atoms with Crippen LogP contribution >= 0.6 is 0 Å². The summed E-state index contributed by atoms with van der Waals surface area (Å²) in [7, 11) is 0. The standard InChI is InChI=1S/C15H17FN2O2/c1-4-13(15(19)20)14-9(2)17-18(10(14)3)12-7-5-11(16)6-8-12/h5-8,13H,4H2,1-3H3,(H,19,20). The summed E-state index contributed by atoms with van der Waals surface area (Å²) >= 11 is 0. The van der Waals surface area contributed by atoms with Crippen molar-refractivity contribution in [2.45, 2.75) is 33.1 Å². The Kier molecular flexibility index (Phi) is 3.88. The lowest BCUT2D eigenvalue weighted by atomic mass is 9.95. The van der Waals surface area contributed by atoms with Gasteiger partial charge in [-0.15, -0.1) is 0 Å². The molecule has 1 heterocycles. The van der Waals surface area contributed by atoms with Gasteiger partial charge in [0.05, 0.1) is 17.3 Å². The van der Waals surface area contributed by atoms with Crippen LogP contribution in [0.4, 0.5) is 4.39 Å². The predicted molar refractivity (Wildman–Crippen MR) is 73.7 cm³/mol. The average molecular weight is 276 g/mol. The van der Waals surface area contributed by atoms with Gasteiger partial charge < -0.3 is 5.11 Å².